The van der Waals surface area contributed by atoms with Gasteiger partial charge >= 0.3 is 10.1 Å². The highest BCUT2D eigenvalue weighted by Crippen LogP contribution is 2.42. The van der Waals surface area contributed by atoms with Gasteiger partial charge in [-0.1, -0.05) is 11.6 Å². The largest absolute Gasteiger partial charge is 0.381 e. The Bertz CT molecular complexity index is 974. The maximum atomic E-state index is 12.0. The Morgan fingerprint density at radius 3 is 2.50 bits per heavy atom. The molecule has 1 aromatic carbocycles. The standard InChI is InChI=1S/C13H11ClN2O6S2/c1-6(17)9-12(22-24(3,20)21)10-8(16(18)19)5-4-7(14)11(10)15-13(9)23-2/h4-5H,1-3H3. The predicted molar refractivity (Wildman–Crippen MR) is 90.7 cm³/mol. The average molecular weight is 391 g/mol. The molecule has 24 heavy (non-hydrogen) atoms. The first-order valence-corrected chi connectivity index (χ1v) is 9.73. The van der Waals surface area contributed by atoms with Crippen LogP contribution in [0.15, 0.2) is 17.2 Å². The number of benzene rings is 1. The van der Waals surface area contributed by atoms with Crippen molar-refractivity contribution in [2.45, 2.75) is 11.9 Å². The van der Waals surface area contributed by atoms with Crippen molar-refractivity contribution < 1.29 is 22.3 Å². The third-order valence-electron chi connectivity index (χ3n) is 2.96. The summed E-state index contributed by atoms with van der Waals surface area (Å²) >= 11 is 7.12. The zero-order valence-electron chi connectivity index (χ0n) is 12.7. The van der Waals surface area contributed by atoms with Crippen LogP contribution in [0, 0.1) is 10.1 Å². The van der Waals surface area contributed by atoms with E-state index in [0.717, 1.165) is 24.1 Å². The van der Waals surface area contributed by atoms with Crippen LogP contribution in [0.1, 0.15) is 17.3 Å². The van der Waals surface area contributed by atoms with Crippen molar-refractivity contribution in [3.63, 3.8) is 0 Å². The van der Waals surface area contributed by atoms with Gasteiger partial charge in [-0.15, -0.1) is 11.8 Å². The van der Waals surface area contributed by atoms with Crippen LogP contribution in [0.2, 0.25) is 5.02 Å². The van der Waals surface area contributed by atoms with Gasteiger partial charge < -0.3 is 4.18 Å². The van der Waals surface area contributed by atoms with Gasteiger partial charge in [0.15, 0.2) is 11.5 Å². The van der Waals surface area contributed by atoms with E-state index in [0.29, 0.717) is 0 Å². The second-order valence-corrected chi connectivity index (χ2v) is 7.49. The number of halogens is 1. The van der Waals surface area contributed by atoms with Gasteiger partial charge in [-0.3, -0.25) is 14.9 Å². The number of nitrogens with zero attached hydrogens (tertiary/aromatic N) is 2. The molecule has 128 valence electrons. The highest BCUT2D eigenvalue weighted by atomic mass is 35.5. The summed E-state index contributed by atoms with van der Waals surface area (Å²) in [6, 6.07) is 2.38. The second kappa shape index (κ2) is 6.54. The monoisotopic (exact) mass is 390 g/mol. The quantitative estimate of drug-likeness (QED) is 0.251. The minimum absolute atomic E-state index is 0.0149. The molecule has 2 rings (SSSR count). The highest BCUT2D eigenvalue weighted by Gasteiger charge is 2.29. The number of nitro benzene ring substituents is 1. The van der Waals surface area contributed by atoms with Gasteiger partial charge in [0.1, 0.15) is 15.9 Å². The molecule has 0 unspecified atom stereocenters. The lowest BCUT2D eigenvalue weighted by molar-refractivity contribution is -0.383. The van der Waals surface area contributed by atoms with Gasteiger partial charge in [0.05, 0.1) is 21.8 Å². The van der Waals surface area contributed by atoms with Crippen LogP contribution in [0.25, 0.3) is 10.9 Å². The maximum Gasteiger partial charge on any atom is 0.306 e. The number of ketones is 1. The Morgan fingerprint density at radius 1 is 1.42 bits per heavy atom. The van der Waals surface area contributed by atoms with Crippen LogP contribution in [0.5, 0.6) is 5.75 Å². The number of aromatic nitrogens is 1. The first-order chi connectivity index (χ1) is 11.1. The van der Waals surface area contributed by atoms with Gasteiger partial charge in [0.2, 0.25) is 0 Å². The smallest absolute Gasteiger partial charge is 0.306 e. The summed E-state index contributed by atoms with van der Waals surface area (Å²) in [4.78, 5) is 26.8. The molecule has 0 spiro atoms. The second-order valence-electron chi connectivity index (χ2n) is 4.72. The molecule has 0 aliphatic rings. The van der Waals surface area contributed by atoms with E-state index in [2.05, 4.69) is 4.98 Å². The first-order valence-electron chi connectivity index (χ1n) is 6.31. The molecule has 0 aliphatic carbocycles. The summed E-state index contributed by atoms with van der Waals surface area (Å²) in [6.45, 7) is 1.19. The molecule has 8 nitrogen and oxygen atoms in total. The van der Waals surface area contributed by atoms with Crippen molar-refractivity contribution in [2.24, 2.45) is 0 Å². The van der Waals surface area contributed by atoms with Crippen molar-refractivity contribution >= 4 is 55.9 Å². The number of carbonyl (C=O) groups is 1. The van der Waals surface area contributed by atoms with Crippen molar-refractivity contribution in [1.82, 2.24) is 4.98 Å². The molecule has 0 bridgehead atoms. The Morgan fingerprint density at radius 2 is 2.04 bits per heavy atom. The van der Waals surface area contributed by atoms with E-state index in [4.69, 9.17) is 15.8 Å². The zero-order chi connectivity index (χ0) is 18.2. The molecule has 11 heteroatoms. The molecule has 0 N–H and O–H groups in total. The van der Waals surface area contributed by atoms with E-state index < -0.39 is 32.3 Å². The highest BCUT2D eigenvalue weighted by molar-refractivity contribution is 7.98. The third-order valence-corrected chi connectivity index (χ3v) is 4.42. The molecule has 0 aliphatic heterocycles. The molecular weight excluding hydrogens is 380 g/mol. The maximum absolute atomic E-state index is 12.0. The number of thioether (sulfide) groups is 1. The molecular formula is C13H11ClN2O6S2. The number of non-ortho nitro benzene ring substituents is 1. The number of hydrogen-bond donors (Lipinski definition) is 0. The minimum atomic E-state index is -4.06. The van der Waals surface area contributed by atoms with E-state index in [1.165, 1.54) is 13.0 Å². The number of Topliss-reactive ketones (excluding diaryl/α,β-unsaturated/α-hetero) is 1. The Balaban J connectivity index is 3.13. The van der Waals surface area contributed by atoms with Gasteiger partial charge in [-0.05, 0) is 19.2 Å². The van der Waals surface area contributed by atoms with E-state index in [1.807, 2.05) is 0 Å². The van der Waals surface area contributed by atoms with Gasteiger partial charge in [0.25, 0.3) is 5.69 Å². The number of nitro groups is 1. The van der Waals surface area contributed by atoms with Crippen LogP contribution in [0.3, 0.4) is 0 Å². The first kappa shape index (κ1) is 18.4. The zero-order valence-corrected chi connectivity index (χ0v) is 15.1. The lowest BCUT2D eigenvalue weighted by Gasteiger charge is -2.14. The topological polar surface area (TPSA) is 116 Å². The summed E-state index contributed by atoms with van der Waals surface area (Å²) in [5.41, 5.74) is -0.625. The molecule has 0 saturated heterocycles. The number of carbonyl (C=O) groups excluding carboxylic acids is 1. The Hall–Kier alpha value is -1.91. The van der Waals surface area contributed by atoms with Gasteiger partial charge in [-0.2, -0.15) is 8.42 Å². The summed E-state index contributed by atoms with van der Waals surface area (Å²) in [5, 5.41) is 11.3. The van der Waals surface area contributed by atoms with Crippen molar-refractivity contribution in [2.75, 3.05) is 12.5 Å². The fourth-order valence-electron chi connectivity index (χ4n) is 2.11. The number of rotatable bonds is 5. The minimum Gasteiger partial charge on any atom is -0.381 e. The van der Waals surface area contributed by atoms with E-state index >= 15 is 0 Å². The summed E-state index contributed by atoms with van der Waals surface area (Å²) in [5.74, 6) is -0.977. The van der Waals surface area contributed by atoms with Crippen LogP contribution >= 0.6 is 23.4 Å². The van der Waals surface area contributed by atoms with Crippen LogP contribution in [0.4, 0.5) is 5.69 Å². The summed E-state index contributed by atoms with van der Waals surface area (Å²) in [7, 11) is -4.06. The molecule has 0 fully saturated rings. The molecule has 0 amide bonds. The molecule has 0 atom stereocenters. The number of fused-ring (bicyclic) bond motifs is 1. The van der Waals surface area contributed by atoms with Crippen LogP contribution in [-0.4, -0.2) is 36.6 Å². The van der Waals surface area contributed by atoms with Crippen molar-refractivity contribution in [1.29, 1.82) is 0 Å². The Kier molecular flexibility index (Phi) is 5.02. The summed E-state index contributed by atoms with van der Waals surface area (Å²) in [6.07, 6.45) is 2.40. The summed E-state index contributed by atoms with van der Waals surface area (Å²) < 4.78 is 28.2. The Labute approximate surface area is 146 Å². The van der Waals surface area contributed by atoms with E-state index in [1.54, 1.807) is 6.26 Å². The molecule has 0 radical (unpaired) electrons. The molecule has 0 saturated carbocycles. The third kappa shape index (κ3) is 3.45. The van der Waals surface area contributed by atoms with Crippen LogP contribution in [-0.2, 0) is 10.1 Å². The fraction of sp³-hybridized carbons (Fsp3) is 0.231. The molecule has 1 aromatic heterocycles. The number of pyridine rings is 1. The fourth-order valence-corrected chi connectivity index (χ4v) is 3.41. The van der Waals surface area contributed by atoms with Crippen molar-refractivity contribution in [3.8, 4) is 5.75 Å². The normalized spacial score (nSPS) is 11.5. The molecule has 2 aromatic rings. The van der Waals surface area contributed by atoms with Crippen LogP contribution < -0.4 is 4.18 Å². The van der Waals surface area contributed by atoms with E-state index in [-0.39, 0.29) is 26.5 Å². The molecule has 1 heterocycles. The number of hydrogen-bond acceptors (Lipinski definition) is 8. The van der Waals surface area contributed by atoms with Crippen molar-refractivity contribution in [3.05, 3.63) is 32.8 Å². The predicted octanol–water partition coefficient (Wildman–Crippen LogP) is 3.06. The van der Waals surface area contributed by atoms with E-state index in [9.17, 15) is 23.3 Å². The lowest BCUT2D eigenvalue weighted by Crippen LogP contribution is -2.12. The lowest BCUT2D eigenvalue weighted by atomic mass is 10.1. The van der Waals surface area contributed by atoms with Gasteiger partial charge in [0, 0.05) is 6.07 Å². The average Bonchev–Trinajstić information content (AvgIpc) is 2.45. The SMILES string of the molecule is CSc1nc2c(Cl)ccc([N+](=O)[O-])c2c(OS(C)(=O)=O)c1C(C)=O. The van der Waals surface area contributed by atoms with Gasteiger partial charge in [-0.25, -0.2) is 4.98 Å².